The summed E-state index contributed by atoms with van der Waals surface area (Å²) in [4.78, 5) is 11.4. The van der Waals surface area contributed by atoms with Crippen molar-refractivity contribution in [2.45, 2.75) is 6.10 Å². The molecule has 1 aromatic heterocycles. The average molecular weight is 249 g/mol. The first-order chi connectivity index (χ1) is 8.58. The molecule has 0 saturated heterocycles. The number of fused-ring (bicyclic) bond motifs is 1. The Balaban J connectivity index is 2.53. The van der Waals surface area contributed by atoms with Crippen molar-refractivity contribution >= 4 is 16.9 Å². The molecular weight excluding hydrogens is 234 g/mol. The van der Waals surface area contributed by atoms with Gasteiger partial charge < -0.3 is 19.1 Å². The minimum absolute atomic E-state index is 0.491. The number of hydrogen-bond donors (Lipinski definition) is 1. The van der Waals surface area contributed by atoms with E-state index in [4.69, 9.17) is 4.74 Å². The molecule has 1 N–H and O–H groups in total. The largest absolute Gasteiger partial charge is 0.497 e. The molecule has 96 valence electrons. The van der Waals surface area contributed by atoms with Gasteiger partial charge in [0.15, 0.2) is 6.10 Å². The number of rotatable bonds is 3. The van der Waals surface area contributed by atoms with Gasteiger partial charge >= 0.3 is 5.97 Å². The molecule has 0 aliphatic rings. The van der Waals surface area contributed by atoms with Crippen LogP contribution in [0.5, 0.6) is 5.75 Å². The number of carbonyl (C=O) groups excluding carboxylic acids is 1. The number of nitrogens with zero attached hydrogens (tertiary/aromatic N) is 1. The molecule has 0 amide bonds. The van der Waals surface area contributed by atoms with E-state index in [0.29, 0.717) is 5.69 Å². The SMILES string of the molecule is COC(=O)C(O)c1cc2ccc(OC)cc2n1C. The van der Waals surface area contributed by atoms with Crippen LogP contribution in [0.1, 0.15) is 11.8 Å². The molecule has 2 rings (SSSR count). The number of aromatic nitrogens is 1. The van der Waals surface area contributed by atoms with Crippen molar-refractivity contribution < 1.29 is 19.4 Å². The van der Waals surface area contributed by atoms with Gasteiger partial charge in [-0.25, -0.2) is 4.79 Å². The monoisotopic (exact) mass is 249 g/mol. The van der Waals surface area contributed by atoms with Gasteiger partial charge in [0.1, 0.15) is 5.75 Å². The Morgan fingerprint density at radius 2 is 2.06 bits per heavy atom. The molecule has 1 atom stereocenters. The fourth-order valence-corrected chi connectivity index (χ4v) is 1.95. The van der Waals surface area contributed by atoms with Gasteiger partial charge in [-0.15, -0.1) is 0 Å². The predicted molar refractivity (Wildman–Crippen MR) is 66.4 cm³/mol. The van der Waals surface area contributed by atoms with Crippen LogP contribution >= 0.6 is 0 Å². The number of methoxy groups -OCH3 is 2. The van der Waals surface area contributed by atoms with Crippen molar-refractivity contribution in [1.29, 1.82) is 0 Å². The van der Waals surface area contributed by atoms with Crippen LogP contribution in [0.3, 0.4) is 0 Å². The molecule has 0 spiro atoms. The zero-order chi connectivity index (χ0) is 13.3. The average Bonchev–Trinajstić information content (AvgIpc) is 2.73. The number of carbonyl (C=O) groups is 1. The fraction of sp³-hybridized carbons (Fsp3) is 0.308. The summed E-state index contributed by atoms with van der Waals surface area (Å²) in [6, 6.07) is 7.32. The summed E-state index contributed by atoms with van der Waals surface area (Å²) in [5, 5.41) is 10.8. The van der Waals surface area contributed by atoms with Crippen LogP contribution in [0.2, 0.25) is 0 Å². The number of benzene rings is 1. The Kier molecular flexibility index (Phi) is 3.25. The maximum atomic E-state index is 11.4. The third-order valence-corrected chi connectivity index (χ3v) is 2.99. The summed E-state index contributed by atoms with van der Waals surface area (Å²) in [5.74, 6) is 0.0516. The second-order valence-electron chi connectivity index (χ2n) is 3.98. The second-order valence-corrected chi connectivity index (χ2v) is 3.98. The Morgan fingerprint density at radius 3 is 2.67 bits per heavy atom. The summed E-state index contributed by atoms with van der Waals surface area (Å²) in [5.41, 5.74) is 1.37. The standard InChI is InChI=1S/C13H15NO4/c1-14-10-7-9(17-2)5-4-8(10)6-11(14)12(15)13(16)18-3/h4-7,12,15H,1-3H3. The molecule has 1 unspecified atom stereocenters. The lowest BCUT2D eigenvalue weighted by molar-refractivity contribution is -0.151. The highest BCUT2D eigenvalue weighted by Gasteiger charge is 2.22. The van der Waals surface area contributed by atoms with Crippen LogP contribution in [0.15, 0.2) is 24.3 Å². The molecule has 18 heavy (non-hydrogen) atoms. The predicted octanol–water partition coefficient (Wildman–Crippen LogP) is 1.39. The zero-order valence-electron chi connectivity index (χ0n) is 10.5. The molecule has 0 fully saturated rings. The highest BCUT2D eigenvalue weighted by Crippen LogP contribution is 2.27. The molecule has 5 heteroatoms. The maximum Gasteiger partial charge on any atom is 0.340 e. The maximum absolute atomic E-state index is 11.4. The normalized spacial score (nSPS) is 12.4. The first-order valence-corrected chi connectivity index (χ1v) is 5.47. The van der Waals surface area contributed by atoms with Crippen molar-refractivity contribution in [2.24, 2.45) is 7.05 Å². The van der Waals surface area contributed by atoms with Gasteiger partial charge in [0.05, 0.1) is 25.4 Å². The Morgan fingerprint density at radius 1 is 1.33 bits per heavy atom. The summed E-state index contributed by atoms with van der Waals surface area (Å²) >= 11 is 0. The summed E-state index contributed by atoms with van der Waals surface area (Å²) in [6.45, 7) is 0. The van der Waals surface area contributed by atoms with Gasteiger partial charge in [-0.05, 0) is 18.2 Å². The van der Waals surface area contributed by atoms with E-state index in [9.17, 15) is 9.90 Å². The van der Waals surface area contributed by atoms with Gasteiger partial charge in [-0.2, -0.15) is 0 Å². The number of aryl methyl sites for hydroxylation is 1. The summed E-state index contributed by atoms with van der Waals surface area (Å²) in [7, 11) is 4.62. The van der Waals surface area contributed by atoms with Crippen molar-refractivity contribution in [3.63, 3.8) is 0 Å². The van der Waals surface area contributed by atoms with Gasteiger partial charge in [-0.1, -0.05) is 0 Å². The summed E-state index contributed by atoms with van der Waals surface area (Å²) in [6.07, 6.45) is -1.28. The Bertz CT molecular complexity index is 588. The second kappa shape index (κ2) is 4.70. The Hall–Kier alpha value is -2.01. The molecule has 5 nitrogen and oxygen atoms in total. The lowest BCUT2D eigenvalue weighted by Crippen LogP contribution is -2.16. The quantitative estimate of drug-likeness (QED) is 0.835. The first-order valence-electron chi connectivity index (χ1n) is 5.47. The molecule has 0 bridgehead atoms. The Labute approximate surface area is 105 Å². The zero-order valence-corrected chi connectivity index (χ0v) is 10.5. The van der Waals surface area contributed by atoms with Crippen LogP contribution in [0, 0.1) is 0 Å². The van der Waals surface area contributed by atoms with Crippen LogP contribution in [-0.4, -0.2) is 29.9 Å². The van der Waals surface area contributed by atoms with E-state index in [2.05, 4.69) is 4.74 Å². The lowest BCUT2D eigenvalue weighted by Gasteiger charge is -2.09. The number of ether oxygens (including phenoxy) is 2. The third-order valence-electron chi connectivity index (χ3n) is 2.99. The van der Waals surface area contributed by atoms with Crippen LogP contribution < -0.4 is 4.74 Å². The topological polar surface area (TPSA) is 60.7 Å². The van der Waals surface area contributed by atoms with Crippen molar-refractivity contribution in [1.82, 2.24) is 4.57 Å². The van der Waals surface area contributed by atoms with Crippen LogP contribution in [0.4, 0.5) is 0 Å². The van der Waals surface area contributed by atoms with Gasteiger partial charge in [0.25, 0.3) is 0 Å². The number of esters is 1. The number of aliphatic hydroxyl groups is 1. The molecule has 0 aliphatic carbocycles. The minimum Gasteiger partial charge on any atom is -0.497 e. The smallest absolute Gasteiger partial charge is 0.340 e. The van der Waals surface area contributed by atoms with Gasteiger partial charge in [-0.3, -0.25) is 0 Å². The number of hydrogen-bond acceptors (Lipinski definition) is 4. The lowest BCUT2D eigenvalue weighted by atomic mass is 10.2. The molecule has 0 radical (unpaired) electrons. The van der Waals surface area contributed by atoms with E-state index >= 15 is 0 Å². The minimum atomic E-state index is -1.28. The van der Waals surface area contributed by atoms with E-state index in [1.165, 1.54) is 7.11 Å². The van der Waals surface area contributed by atoms with Crippen molar-refractivity contribution in [3.05, 3.63) is 30.0 Å². The molecule has 2 aromatic rings. The molecule has 0 aliphatic heterocycles. The summed E-state index contributed by atoms with van der Waals surface area (Å²) < 4.78 is 11.4. The highest BCUT2D eigenvalue weighted by molar-refractivity contribution is 5.85. The van der Waals surface area contributed by atoms with Crippen LogP contribution in [-0.2, 0) is 16.6 Å². The third kappa shape index (κ3) is 1.93. The van der Waals surface area contributed by atoms with E-state index in [-0.39, 0.29) is 0 Å². The van der Waals surface area contributed by atoms with E-state index in [1.54, 1.807) is 24.8 Å². The molecular formula is C13H15NO4. The first kappa shape index (κ1) is 12.4. The van der Waals surface area contributed by atoms with E-state index in [1.807, 2.05) is 18.2 Å². The van der Waals surface area contributed by atoms with Crippen molar-refractivity contribution in [2.75, 3.05) is 14.2 Å². The molecule has 0 saturated carbocycles. The van der Waals surface area contributed by atoms with Gasteiger partial charge in [0, 0.05) is 18.5 Å². The highest BCUT2D eigenvalue weighted by atomic mass is 16.5. The molecule has 1 heterocycles. The molecule has 1 aromatic carbocycles. The van der Waals surface area contributed by atoms with E-state index in [0.717, 1.165) is 16.7 Å². The van der Waals surface area contributed by atoms with Gasteiger partial charge in [0.2, 0.25) is 0 Å². The van der Waals surface area contributed by atoms with Crippen LogP contribution in [0.25, 0.3) is 10.9 Å². The van der Waals surface area contributed by atoms with Crippen molar-refractivity contribution in [3.8, 4) is 5.75 Å². The number of aliphatic hydroxyl groups excluding tert-OH is 1. The fourth-order valence-electron chi connectivity index (χ4n) is 1.95. The van der Waals surface area contributed by atoms with E-state index < -0.39 is 12.1 Å².